The molecule has 20 heavy (non-hydrogen) atoms. The Kier molecular flexibility index (Phi) is 4.57. The Balaban J connectivity index is 2.33. The molecule has 0 fully saturated rings. The normalized spacial score (nSPS) is 11.2. The van der Waals surface area contributed by atoms with Gasteiger partial charge in [0.15, 0.2) is 0 Å². The second kappa shape index (κ2) is 6.03. The molecule has 0 unspecified atom stereocenters. The Hall–Kier alpha value is -1.24. The molecule has 2 aromatic rings. The Morgan fingerprint density at radius 2 is 1.95 bits per heavy atom. The maximum absolute atomic E-state index is 12.2. The van der Waals surface area contributed by atoms with E-state index in [0.29, 0.717) is 20.9 Å². The molecular weight excluding hydrogens is 366 g/mol. The first-order valence-electron chi connectivity index (χ1n) is 5.54. The summed E-state index contributed by atoms with van der Waals surface area (Å²) in [6.45, 7) is 0. The van der Waals surface area contributed by atoms with Crippen LogP contribution in [-0.4, -0.2) is 15.5 Å². The summed E-state index contributed by atoms with van der Waals surface area (Å²) in [6.07, 6.45) is 0. The molecule has 0 radical (unpaired) electrons. The summed E-state index contributed by atoms with van der Waals surface area (Å²) in [7, 11) is -2.16. The van der Waals surface area contributed by atoms with Crippen LogP contribution >= 0.6 is 27.5 Å². The van der Waals surface area contributed by atoms with Crippen molar-refractivity contribution in [1.82, 2.24) is 0 Å². The standard InChI is InChI=1S/C13H11BrClNO3S/c1-19-13-6-5-11(8-12(13)14)20(17,18)16-10-4-2-3-9(15)7-10/h2-8,16H,1H3. The third kappa shape index (κ3) is 3.45. The topological polar surface area (TPSA) is 55.4 Å². The molecule has 0 aliphatic heterocycles. The first-order chi connectivity index (χ1) is 9.42. The highest BCUT2D eigenvalue weighted by Crippen LogP contribution is 2.28. The van der Waals surface area contributed by atoms with E-state index in [4.69, 9.17) is 16.3 Å². The average Bonchev–Trinajstić information content (AvgIpc) is 2.38. The van der Waals surface area contributed by atoms with Gasteiger partial charge in [0.2, 0.25) is 0 Å². The second-order valence-electron chi connectivity index (χ2n) is 3.91. The first kappa shape index (κ1) is 15.2. The van der Waals surface area contributed by atoms with Crippen molar-refractivity contribution >= 4 is 43.2 Å². The minimum atomic E-state index is -3.67. The summed E-state index contributed by atoms with van der Waals surface area (Å²) in [5, 5.41) is 0.459. The predicted molar refractivity (Wildman–Crippen MR) is 83.0 cm³/mol. The molecule has 0 spiro atoms. The molecule has 106 valence electrons. The van der Waals surface area contributed by atoms with Crippen LogP contribution in [0.1, 0.15) is 0 Å². The fraction of sp³-hybridized carbons (Fsp3) is 0.0769. The van der Waals surface area contributed by atoms with E-state index in [1.807, 2.05) is 0 Å². The smallest absolute Gasteiger partial charge is 0.261 e. The number of sulfonamides is 1. The zero-order chi connectivity index (χ0) is 14.8. The quantitative estimate of drug-likeness (QED) is 0.880. The van der Waals surface area contributed by atoms with Crippen LogP contribution in [0.3, 0.4) is 0 Å². The molecule has 0 aliphatic rings. The van der Waals surface area contributed by atoms with Gasteiger partial charge < -0.3 is 4.74 Å². The highest BCUT2D eigenvalue weighted by Gasteiger charge is 2.16. The highest BCUT2D eigenvalue weighted by molar-refractivity contribution is 9.10. The number of halogens is 2. The van der Waals surface area contributed by atoms with Crippen molar-refractivity contribution in [3.05, 3.63) is 52.0 Å². The largest absolute Gasteiger partial charge is 0.496 e. The van der Waals surface area contributed by atoms with Gasteiger partial charge in [0.25, 0.3) is 10.0 Å². The van der Waals surface area contributed by atoms with E-state index >= 15 is 0 Å². The van der Waals surface area contributed by atoms with E-state index in [9.17, 15) is 8.42 Å². The number of hydrogen-bond acceptors (Lipinski definition) is 3. The molecule has 4 nitrogen and oxygen atoms in total. The lowest BCUT2D eigenvalue weighted by atomic mass is 10.3. The van der Waals surface area contributed by atoms with Gasteiger partial charge in [0.05, 0.1) is 22.2 Å². The van der Waals surface area contributed by atoms with Gasteiger partial charge in [-0.1, -0.05) is 17.7 Å². The summed E-state index contributed by atoms with van der Waals surface area (Å²) in [5.41, 5.74) is 0.407. The average molecular weight is 377 g/mol. The van der Waals surface area contributed by atoms with E-state index < -0.39 is 10.0 Å². The highest BCUT2D eigenvalue weighted by atomic mass is 79.9. The lowest BCUT2D eigenvalue weighted by Crippen LogP contribution is -2.12. The SMILES string of the molecule is COc1ccc(S(=O)(=O)Nc2cccc(Cl)c2)cc1Br. The molecule has 7 heteroatoms. The molecule has 2 rings (SSSR count). The Morgan fingerprint density at radius 3 is 2.55 bits per heavy atom. The number of rotatable bonds is 4. The van der Waals surface area contributed by atoms with Crippen molar-refractivity contribution in [2.24, 2.45) is 0 Å². The van der Waals surface area contributed by atoms with Crippen molar-refractivity contribution in [1.29, 1.82) is 0 Å². The van der Waals surface area contributed by atoms with Crippen LogP contribution in [0.4, 0.5) is 5.69 Å². The zero-order valence-corrected chi connectivity index (χ0v) is 13.6. The lowest BCUT2D eigenvalue weighted by molar-refractivity contribution is 0.411. The van der Waals surface area contributed by atoms with Crippen molar-refractivity contribution in [2.45, 2.75) is 4.90 Å². The van der Waals surface area contributed by atoms with Gasteiger partial charge in [0, 0.05) is 5.02 Å². The van der Waals surface area contributed by atoms with Crippen LogP contribution in [0.5, 0.6) is 5.75 Å². The molecule has 0 aromatic heterocycles. The molecular formula is C13H11BrClNO3S. The third-order valence-corrected chi connectivity index (χ3v) is 4.74. The maximum atomic E-state index is 12.2. The Bertz CT molecular complexity index is 734. The van der Waals surface area contributed by atoms with Gasteiger partial charge in [-0.15, -0.1) is 0 Å². The van der Waals surface area contributed by atoms with Crippen LogP contribution in [0, 0.1) is 0 Å². The molecule has 0 bridgehead atoms. The minimum Gasteiger partial charge on any atom is -0.496 e. The summed E-state index contributed by atoms with van der Waals surface area (Å²) in [6, 6.07) is 11.0. The van der Waals surface area contributed by atoms with Gasteiger partial charge in [0.1, 0.15) is 5.75 Å². The Labute approximate surface area is 130 Å². The molecule has 0 atom stereocenters. The lowest BCUT2D eigenvalue weighted by Gasteiger charge is -2.10. The number of ether oxygens (including phenoxy) is 1. The molecule has 2 aromatic carbocycles. The van der Waals surface area contributed by atoms with Crippen LogP contribution in [-0.2, 0) is 10.0 Å². The minimum absolute atomic E-state index is 0.130. The van der Waals surface area contributed by atoms with E-state index in [0.717, 1.165) is 0 Å². The van der Waals surface area contributed by atoms with Crippen LogP contribution in [0.15, 0.2) is 51.8 Å². The molecule has 0 saturated heterocycles. The summed E-state index contributed by atoms with van der Waals surface area (Å²) in [5.74, 6) is 0.562. The van der Waals surface area contributed by atoms with Crippen LogP contribution in [0.2, 0.25) is 5.02 Å². The number of nitrogens with one attached hydrogen (secondary N) is 1. The molecule has 1 N–H and O–H groups in total. The molecule has 0 aliphatic carbocycles. The first-order valence-corrected chi connectivity index (χ1v) is 8.20. The molecule has 0 saturated carbocycles. The predicted octanol–water partition coefficient (Wildman–Crippen LogP) is 3.91. The van der Waals surface area contributed by atoms with Crippen LogP contribution in [0.25, 0.3) is 0 Å². The fourth-order valence-corrected chi connectivity index (χ4v) is 3.54. The van der Waals surface area contributed by atoms with Crippen LogP contribution < -0.4 is 9.46 Å². The fourth-order valence-electron chi connectivity index (χ4n) is 1.58. The monoisotopic (exact) mass is 375 g/mol. The summed E-state index contributed by atoms with van der Waals surface area (Å²) < 4.78 is 32.6. The zero-order valence-electron chi connectivity index (χ0n) is 10.4. The summed E-state index contributed by atoms with van der Waals surface area (Å²) >= 11 is 9.08. The van der Waals surface area contributed by atoms with Crippen molar-refractivity contribution in [2.75, 3.05) is 11.8 Å². The molecule has 0 amide bonds. The Morgan fingerprint density at radius 1 is 1.20 bits per heavy atom. The second-order valence-corrected chi connectivity index (χ2v) is 6.89. The van der Waals surface area contributed by atoms with Gasteiger partial charge in [-0.05, 0) is 52.3 Å². The number of hydrogen-bond donors (Lipinski definition) is 1. The molecule has 0 heterocycles. The van der Waals surface area contributed by atoms with Gasteiger partial charge in [-0.3, -0.25) is 4.72 Å². The summed E-state index contributed by atoms with van der Waals surface area (Å²) in [4.78, 5) is 0.130. The van der Waals surface area contributed by atoms with Gasteiger partial charge >= 0.3 is 0 Å². The van der Waals surface area contributed by atoms with E-state index in [-0.39, 0.29) is 4.90 Å². The number of benzene rings is 2. The van der Waals surface area contributed by atoms with Crippen molar-refractivity contribution in [3.63, 3.8) is 0 Å². The van der Waals surface area contributed by atoms with Crippen molar-refractivity contribution in [3.8, 4) is 5.75 Å². The van der Waals surface area contributed by atoms with Gasteiger partial charge in [-0.2, -0.15) is 0 Å². The van der Waals surface area contributed by atoms with E-state index in [1.165, 1.54) is 25.3 Å². The van der Waals surface area contributed by atoms with E-state index in [2.05, 4.69) is 20.7 Å². The van der Waals surface area contributed by atoms with Crippen molar-refractivity contribution < 1.29 is 13.2 Å². The number of anilines is 1. The van der Waals surface area contributed by atoms with E-state index in [1.54, 1.807) is 24.3 Å². The third-order valence-electron chi connectivity index (χ3n) is 2.51. The maximum Gasteiger partial charge on any atom is 0.261 e. The number of methoxy groups -OCH3 is 1. The van der Waals surface area contributed by atoms with Gasteiger partial charge in [-0.25, -0.2) is 8.42 Å².